The predicted molar refractivity (Wildman–Crippen MR) is 73.0 cm³/mol. The number of benzene rings is 1. The fourth-order valence-corrected chi connectivity index (χ4v) is 2.27. The lowest BCUT2D eigenvalue weighted by Gasteiger charge is -2.03. The normalized spacial score (nSPS) is 20.9. The maximum atomic E-state index is 12.0. The van der Waals surface area contributed by atoms with E-state index in [1.54, 1.807) is 12.4 Å². The third-order valence-corrected chi connectivity index (χ3v) is 3.49. The van der Waals surface area contributed by atoms with Crippen LogP contribution in [0.2, 0.25) is 5.02 Å². The van der Waals surface area contributed by atoms with Crippen molar-refractivity contribution in [3.63, 3.8) is 0 Å². The monoisotopic (exact) mass is 273 g/mol. The largest absolute Gasteiger partial charge is 0.309 e. The van der Waals surface area contributed by atoms with Crippen molar-refractivity contribution in [3.05, 3.63) is 53.4 Å². The van der Waals surface area contributed by atoms with Crippen LogP contribution < -0.4 is 5.32 Å². The summed E-state index contributed by atoms with van der Waals surface area (Å²) in [6.07, 6.45) is 5.54. The number of nitrogens with zero attached hydrogens (tertiary/aromatic N) is 2. The van der Waals surface area contributed by atoms with E-state index in [9.17, 15) is 4.79 Å². The molecule has 1 heterocycles. The molecule has 0 bridgehead atoms. The second-order valence-corrected chi connectivity index (χ2v) is 5.02. The first-order valence-electron chi connectivity index (χ1n) is 6.06. The van der Waals surface area contributed by atoms with Gasteiger partial charge in [0.05, 0.1) is 6.20 Å². The zero-order valence-electron chi connectivity index (χ0n) is 10.1. The van der Waals surface area contributed by atoms with Crippen molar-refractivity contribution in [2.75, 3.05) is 5.32 Å². The second-order valence-electron chi connectivity index (χ2n) is 4.58. The van der Waals surface area contributed by atoms with Crippen LogP contribution >= 0.6 is 11.6 Å². The molecule has 1 saturated carbocycles. The summed E-state index contributed by atoms with van der Waals surface area (Å²) in [6, 6.07) is 7.66. The average molecular weight is 274 g/mol. The van der Waals surface area contributed by atoms with Gasteiger partial charge in [-0.05, 0) is 30.0 Å². The van der Waals surface area contributed by atoms with Gasteiger partial charge in [-0.1, -0.05) is 23.7 Å². The SMILES string of the molecule is O=C(Nc1cnccn1)[C@@H]1C[C@@H]1c1ccc(Cl)cc1. The van der Waals surface area contributed by atoms with Crippen molar-refractivity contribution >= 4 is 23.3 Å². The lowest BCUT2D eigenvalue weighted by molar-refractivity contribution is -0.117. The third-order valence-electron chi connectivity index (χ3n) is 3.24. The summed E-state index contributed by atoms with van der Waals surface area (Å²) in [5, 5.41) is 3.49. The molecule has 4 nitrogen and oxygen atoms in total. The zero-order chi connectivity index (χ0) is 13.2. The molecule has 1 fully saturated rings. The molecule has 0 spiro atoms. The maximum absolute atomic E-state index is 12.0. The van der Waals surface area contributed by atoms with E-state index in [0.717, 1.165) is 12.0 Å². The molecule has 1 amide bonds. The van der Waals surface area contributed by atoms with E-state index in [1.807, 2.05) is 24.3 Å². The molecule has 5 heteroatoms. The fourth-order valence-electron chi connectivity index (χ4n) is 2.15. The summed E-state index contributed by atoms with van der Waals surface area (Å²) in [7, 11) is 0. The number of amides is 1. The van der Waals surface area contributed by atoms with E-state index < -0.39 is 0 Å². The van der Waals surface area contributed by atoms with Gasteiger partial charge in [0.1, 0.15) is 0 Å². The standard InChI is InChI=1S/C14H12ClN3O/c15-10-3-1-9(2-4-10)11-7-12(11)14(19)18-13-8-16-5-6-17-13/h1-6,8,11-12H,7H2,(H,17,18,19)/t11-,12-/m1/s1. The van der Waals surface area contributed by atoms with Crippen molar-refractivity contribution < 1.29 is 4.79 Å². The van der Waals surface area contributed by atoms with Gasteiger partial charge in [0.25, 0.3) is 0 Å². The van der Waals surface area contributed by atoms with Gasteiger partial charge in [0.15, 0.2) is 5.82 Å². The minimum Gasteiger partial charge on any atom is -0.309 e. The highest BCUT2D eigenvalue weighted by Crippen LogP contribution is 2.48. The van der Waals surface area contributed by atoms with Gasteiger partial charge in [-0.25, -0.2) is 4.98 Å². The first-order chi connectivity index (χ1) is 9.24. The fraction of sp³-hybridized carbons (Fsp3) is 0.214. The second kappa shape index (κ2) is 4.97. The molecule has 2 aromatic rings. The number of carbonyl (C=O) groups excluding carboxylic acids is 1. The lowest BCUT2D eigenvalue weighted by Crippen LogP contribution is -2.15. The van der Waals surface area contributed by atoms with Crippen LogP contribution in [0.4, 0.5) is 5.82 Å². The maximum Gasteiger partial charge on any atom is 0.229 e. The molecule has 0 radical (unpaired) electrons. The molecule has 0 aliphatic heterocycles. The molecule has 1 aromatic heterocycles. The number of aromatic nitrogens is 2. The first kappa shape index (κ1) is 12.1. The molecule has 1 N–H and O–H groups in total. The van der Waals surface area contributed by atoms with Gasteiger partial charge >= 0.3 is 0 Å². The van der Waals surface area contributed by atoms with Crippen LogP contribution in [0, 0.1) is 5.92 Å². The molecule has 3 rings (SSSR count). The molecular weight excluding hydrogens is 262 g/mol. The number of carbonyl (C=O) groups is 1. The number of halogens is 1. The van der Waals surface area contributed by atoms with Gasteiger partial charge in [0.2, 0.25) is 5.91 Å². The van der Waals surface area contributed by atoms with Crippen LogP contribution in [0.15, 0.2) is 42.9 Å². The number of hydrogen-bond acceptors (Lipinski definition) is 3. The van der Waals surface area contributed by atoms with Crippen molar-refractivity contribution in [2.24, 2.45) is 5.92 Å². The summed E-state index contributed by atoms with van der Waals surface area (Å²) >= 11 is 5.85. The van der Waals surface area contributed by atoms with Crippen molar-refractivity contribution in [1.29, 1.82) is 0 Å². The molecule has 1 aromatic carbocycles. The summed E-state index contributed by atoms with van der Waals surface area (Å²) < 4.78 is 0. The highest BCUT2D eigenvalue weighted by atomic mass is 35.5. The van der Waals surface area contributed by atoms with E-state index in [0.29, 0.717) is 10.8 Å². The van der Waals surface area contributed by atoms with Gasteiger partial charge in [-0.15, -0.1) is 0 Å². The van der Waals surface area contributed by atoms with Crippen molar-refractivity contribution in [3.8, 4) is 0 Å². The van der Waals surface area contributed by atoms with Crippen molar-refractivity contribution in [2.45, 2.75) is 12.3 Å². The van der Waals surface area contributed by atoms with E-state index in [4.69, 9.17) is 11.6 Å². The molecule has 1 aliphatic rings. The Kier molecular flexibility index (Phi) is 3.17. The van der Waals surface area contributed by atoms with Crippen molar-refractivity contribution in [1.82, 2.24) is 9.97 Å². The average Bonchev–Trinajstić information content (AvgIpc) is 3.21. The highest BCUT2D eigenvalue weighted by molar-refractivity contribution is 6.30. The quantitative estimate of drug-likeness (QED) is 0.935. The minimum atomic E-state index is 0.000417. The third kappa shape index (κ3) is 2.74. The Bertz CT molecular complexity index is 585. The Morgan fingerprint density at radius 3 is 2.74 bits per heavy atom. The van der Waals surface area contributed by atoms with E-state index in [2.05, 4.69) is 15.3 Å². The number of anilines is 1. The van der Waals surface area contributed by atoms with Gasteiger partial charge in [0, 0.05) is 23.3 Å². The molecule has 96 valence electrons. The molecule has 19 heavy (non-hydrogen) atoms. The first-order valence-corrected chi connectivity index (χ1v) is 6.44. The number of hydrogen-bond donors (Lipinski definition) is 1. The Hall–Kier alpha value is -1.94. The van der Waals surface area contributed by atoms with Crippen LogP contribution in [0.5, 0.6) is 0 Å². The highest BCUT2D eigenvalue weighted by Gasteiger charge is 2.43. The van der Waals surface area contributed by atoms with Crippen LogP contribution in [-0.2, 0) is 4.79 Å². The number of nitrogens with one attached hydrogen (secondary N) is 1. The van der Waals surface area contributed by atoms with Crippen LogP contribution in [0.25, 0.3) is 0 Å². The Labute approximate surface area is 115 Å². The van der Waals surface area contributed by atoms with E-state index in [-0.39, 0.29) is 17.7 Å². The summed E-state index contributed by atoms with van der Waals surface area (Å²) in [5.74, 6) is 0.798. The van der Waals surface area contributed by atoms with Crippen LogP contribution in [0.3, 0.4) is 0 Å². The zero-order valence-corrected chi connectivity index (χ0v) is 10.8. The summed E-state index contributed by atoms with van der Waals surface area (Å²) in [6.45, 7) is 0. The van der Waals surface area contributed by atoms with Gasteiger partial charge < -0.3 is 5.32 Å². The lowest BCUT2D eigenvalue weighted by atomic mass is 10.1. The van der Waals surface area contributed by atoms with Crippen LogP contribution in [0.1, 0.15) is 17.9 Å². The molecule has 2 atom stereocenters. The van der Waals surface area contributed by atoms with Gasteiger partial charge in [-0.3, -0.25) is 9.78 Å². The Balaban J connectivity index is 1.63. The molecule has 1 aliphatic carbocycles. The van der Waals surface area contributed by atoms with E-state index in [1.165, 1.54) is 6.20 Å². The topological polar surface area (TPSA) is 54.9 Å². The smallest absolute Gasteiger partial charge is 0.229 e. The number of rotatable bonds is 3. The van der Waals surface area contributed by atoms with Crippen LogP contribution in [-0.4, -0.2) is 15.9 Å². The molecule has 0 saturated heterocycles. The summed E-state index contributed by atoms with van der Waals surface area (Å²) in [4.78, 5) is 20.0. The molecular formula is C14H12ClN3O. The van der Waals surface area contributed by atoms with E-state index >= 15 is 0 Å². The Morgan fingerprint density at radius 1 is 1.26 bits per heavy atom. The minimum absolute atomic E-state index is 0.000417. The summed E-state index contributed by atoms with van der Waals surface area (Å²) in [5.41, 5.74) is 1.16. The van der Waals surface area contributed by atoms with Gasteiger partial charge in [-0.2, -0.15) is 0 Å². The predicted octanol–water partition coefficient (Wildman–Crippen LogP) is 2.87. The molecule has 0 unspecified atom stereocenters. The Morgan fingerprint density at radius 2 is 2.05 bits per heavy atom.